The first-order chi connectivity index (χ1) is 21.5. The molecule has 0 unspecified atom stereocenters. The summed E-state index contributed by atoms with van der Waals surface area (Å²) in [5.41, 5.74) is 4.04. The predicted molar refractivity (Wildman–Crippen MR) is 175 cm³/mol. The van der Waals surface area contributed by atoms with Gasteiger partial charge < -0.3 is 24.0 Å². The number of ether oxygens (including phenoxy) is 3. The molecule has 1 fully saturated rings. The van der Waals surface area contributed by atoms with Crippen LogP contribution in [-0.2, 0) is 26.1 Å². The Balaban J connectivity index is 1.25. The zero-order valence-electron chi connectivity index (χ0n) is 25.9. The van der Waals surface area contributed by atoms with Gasteiger partial charge in [-0.1, -0.05) is 55.5 Å². The maximum Gasteiger partial charge on any atom is 0.273 e. The highest BCUT2D eigenvalue weighted by Crippen LogP contribution is 2.28. The Hall–Kier alpha value is -3.92. The molecule has 1 amide bonds. The van der Waals surface area contributed by atoms with Crippen LogP contribution in [0.4, 0.5) is 0 Å². The fourth-order valence-corrected chi connectivity index (χ4v) is 6.14. The number of carbonyl (C=O) groups is 1. The lowest BCUT2D eigenvalue weighted by Crippen LogP contribution is -2.48. The minimum Gasteiger partial charge on any atom is -0.493 e. The topological polar surface area (TPSA) is 67.4 Å². The van der Waals surface area contributed by atoms with Gasteiger partial charge in [0.05, 0.1) is 20.8 Å². The normalized spacial score (nSPS) is 13.7. The summed E-state index contributed by atoms with van der Waals surface area (Å²) in [6.07, 6.45) is 0.831. The summed E-state index contributed by atoms with van der Waals surface area (Å²) in [6.45, 7) is 9.26. The number of carbonyl (C=O) groups excluding carboxylic acids is 1. The van der Waals surface area contributed by atoms with Crippen LogP contribution in [-0.4, -0.2) is 79.1 Å². The molecule has 0 radical (unpaired) electrons. The number of piperazine rings is 1. The molecule has 44 heavy (non-hydrogen) atoms. The number of hydrogen-bond acceptors (Lipinski definition) is 8. The smallest absolute Gasteiger partial charge is 0.273 e. The first-order valence-electron chi connectivity index (χ1n) is 15.2. The van der Waals surface area contributed by atoms with Gasteiger partial charge in [-0.25, -0.2) is 4.98 Å². The Labute approximate surface area is 264 Å². The van der Waals surface area contributed by atoms with E-state index in [-0.39, 0.29) is 5.91 Å². The number of aromatic nitrogens is 1. The fraction of sp³-hybridized carbons (Fsp3) is 0.371. The van der Waals surface area contributed by atoms with Gasteiger partial charge in [-0.05, 0) is 53.9 Å². The lowest BCUT2D eigenvalue weighted by molar-refractivity contribution is 0.0638. The molecule has 0 bridgehead atoms. The van der Waals surface area contributed by atoms with Crippen LogP contribution in [0, 0.1) is 0 Å². The van der Waals surface area contributed by atoms with E-state index in [1.165, 1.54) is 11.1 Å². The summed E-state index contributed by atoms with van der Waals surface area (Å²) < 4.78 is 16.9. The quantitative estimate of drug-likeness (QED) is 0.179. The second-order valence-electron chi connectivity index (χ2n) is 10.9. The van der Waals surface area contributed by atoms with Crippen LogP contribution in [0.15, 0.2) is 78.2 Å². The van der Waals surface area contributed by atoms with Crippen LogP contribution in [0.25, 0.3) is 0 Å². The highest BCUT2D eigenvalue weighted by Gasteiger charge is 2.23. The second kappa shape index (κ2) is 15.7. The molecule has 2 heterocycles. The summed E-state index contributed by atoms with van der Waals surface area (Å²) in [7, 11) is 3.31. The van der Waals surface area contributed by atoms with Gasteiger partial charge in [-0.2, -0.15) is 0 Å². The molecule has 1 aromatic heterocycles. The summed E-state index contributed by atoms with van der Waals surface area (Å²) in [5.74, 6) is 2.33. The number of amides is 1. The van der Waals surface area contributed by atoms with Crippen molar-refractivity contribution in [2.45, 2.75) is 33.0 Å². The Morgan fingerprint density at radius 3 is 2.30 bits per heavy atom. The Morgan fingerprint density at radius 1 is 0.864 bits per heavy atom. The molecule has 0 atom stereocenters. The van der Waals surface area contributed by atoms with Crippen LogP contribution < -0.4 is 14.2 Å². The number of thiazole rings is 1. The van der Waals surface area contributed by atoms with Crippen molar-refractivity contribution in [3.05, 3.63) is 106 Å². The van der Waals surface area contributed by atoms with E-state index < -0.39 is 0 Å². The highest BCUT2D eigenvalue weighted by molar-refractivity contribution is 7.09. The first-order valence-corrected chi connectivity index (χ1v) is 16.1. The third kappa shape index (κ3) is 8.59. The monoisotopic (exact) mass is 614 g/mol. The molecule has 8 nitrogen and oxygen atoms in total. The molecule has 9 heteroatoms. The van der Waals surface area contributed by atoms with Gasteiger partial charge in [-0.15, -0.1) is 11.3 Å². The largest absolute Gasteiger partial charge is 0.493 e. The minimum atomic E-state index is 0.0335. The average molecular weight is 615 g/mol. The Kier molecular flexibility index (Phi) is 11.2. The van der Waals surface area contributed by atoms with Gasteiger partial charge in [0, 0.05) is 44.6 Å². The van der Waals surface area contributed by atoms with Gasteiger partial charge in [0.15, 0.2) is 11.5 Å². The number of hydrogen-bond donors (Lipinski definition) is 0. The van der Waals surface area contributed by atoms with E-state index in [9.17, 15) is 4.79 Å². The maximum atomic E-state index is 13.2. The molecule has 5 rings (SSSR count). The van der Waals surface area contributed by atoms with E-state index in [4.69, 9.17) is 19.2 Å². The van der Waals surface area contributed by atoms with Crippen molar-refractivity contribution in [1.82, 2.24) is 19.7 Å². The predicted octanol–water partition coefficient (Wildman–Crippen LogP) is 5.76. The lowest BCUT2D eigenvalue weighted by Gasteiger charge is -2.33. The van der Waals surface area contributed by atoms with E-state index in [0.29, 0.717) is 18.8 Å². The number of methoxy groups -OCH3 is 2. The molecule has 3 aromatic carbocycles. The van der Waals surface area contributed by atoms with Crippen LogP contribution in [0.1, 0.15) is 39.1 Å². The van der Waals surface area contributed by atoms with Crippen molar-refractivity contribution in [2.75, 3.05) is 53.5 Å². The average Bonchev–Trinajstić information content (AvgIpc) is 3.55. The SMILES string of the molecule is CCN1CCN(C(=O)c2csc(CN(CCc3ccc(OC)c(OC)c3)Cc3ccc(OCc4ccccc4)cc3)n2)CC1. The summed E-state index contributed by atoms with van der Waals surface area (Å²) in [6, 6.07) is 24.5. The number of likely N-dealkylation sites (N-methyl/N-ethyl adjacent to an activating group) is 1. The van der Waals surface area contributed by atoms with Crippen molar-refractivity contribution in [1.29, 1.82) is 0 Å². The molecule has 0 aliphatic carbocycles. The molecule has 232 valence electrons. The van der Waals surface area contributed by atoms with Crippen molar-refractivity contribution in [3.8, 4) is 17.2 Å². The molecule has 0 spiro atoms. The summed E-state index contributed by atoms with van der Waals surface area (Å²) >= 11 is 1.56. The molecule has 1 saturated heterocycles. The second-order valence-corrected chi connectivity index (χ2v) is 11.9. The van der Waals surface area contributed by atoms with Gasteiger partial charge in [0.25, 0.3) is 5.91 Å². The van der Waals surface area contributed by atoms with E-state index in [2.05, 4.69) is 47.1 Å². The third-order valence-electron chi connectivity index (χ3n) is 7.98. The number of benzene rings is 3. The van der Waals surface area contributed by atoms with Crippen LogP contribution in [0.3, 0.4) is 0 Å². The van der Waals surface area contributed by atoms with E-state index in [1.807, 2.05) is 52.7 Å². The van der Waals surface area contributed by atoms with Crippen LogP contribution in [0.5, 0.6) is 17.2 Å². The zero-order valence-corrected chi connectivity index (χ0v) is 26.7. The molecule has 1 aliphatic rings. The number of nitrogens with zero attached hydrogens (tertiary/aromatic N) is 4. The summed E-state index contributed by atoms with van der Waals surface area (Å²) in [4.78, 5) is 24.7. The third-order valence-corrected chi connectivity index (χ3v) is 8.81. The molecule has 0 saturated carbocycles. The summed E-state index contributed by atoms with van der Waals surface area (Å²) in [5, 5.41) is 2.85. The highest BCUT2D eigenvalue weighted by atomic mass is 32.1. The molecular formula is C35H42N4O4S. The van der Waals surface area contributed by atoms with E-state index in [0.717, 1.165) is 80.1 Å². The molecular weight excluding hydrogens is 572 g/mol. The standard InChI is InChI=1S/C35H42N4O4S/c1-4-37-18-20-39(21-19-37)35(40)31-26-44-34(36-31)24-38(17-16-27-12-15-32(41-2)33(22-27)42-3)23-28-10-13-30(14-11-28)43-25-29-8-6-5-7-9-29/h5-15,22,26H,4,16-21,23-25H2,1-3H3. The van der Waals surface area contributed by atoms with Crippen molar-refractivity contribution >= 4 is 17.2 Å². The molecule has 1 aliphatic heterocycles. The van der Waals surface area contributed by atoms with Crippen molar-refractivity contribution in [2.24, 2.45) is 0 Å². The maximum absolute atomic E-state index is 13.2. The minimum absolute atomic E-state index is 0.0335. The first kappa shape index (κ1) is 31.5. The van der Waals surface area contributed by atoms with Gasteiger partial charge in [0.2, 0.25) is 0 Å². The van der Waals surface area contributed by atoms with Gasteiger partial charge in [-0.3, -0.25) is 9.69 Å². The van der Waals surface area contributed by atoms with E-state index >= 15 is 0 Å². The van der Waals surface area contributed by atoms with Gasteiger partial charge in [0.1, 0.15) is 23.1 Å². The Morgan fingerprint density at radius 2 is 1.59 bits per heavy atom. The van der Waals surface area contributed by atoms with E-state index in [1.54, 1.807) is 25.6 Å². The van der Waals surface area contributed by atoms with Gasteiger partial charge >= 0.3 is 0 Å². The molecule has 0 N–H and O–H groups in total. The zero-order chi connectivity index (χ0) is 30.7. The van der Waals surface area contributed by atoms with Crippen LogP contribution in [0.2, 0.25) is 0 Å². The molecule has 4 aromatic rings. The van der Waals surface area contributed by atoms with Crippen molar-refractivity contribution < 1.29 is 19.0 Å². The van der Waals surface area contributed by atoms with Crippen molar-refractivity contribution in [3.63, 3.8) is 0 Å². The van der Waals surface area contributed by atoms with Crippen LogP contribution >= 0.6 is 11.3 Å². The lowest BCUT2D eigenvalue weighted by atomic mass is 10.1. The number of rotatable bonds is 14. The fourth-order valence-electron chi connectivity index (χ4n) is 5.33. The Bertz CT molecular complexity index is 1470.